The summed E-state index contributed by atoms with van der Waals surface area (Å²) in [6, 6.07) is 5.75. The highest BCUT2D eigenvalue weighted by molar-refractivity contribution is 7.46. The number of aromatic nitrogens is 1. The van der Waals surface area contributed by atoms with Gasteiger partial charge >= 0.3 is 22.5 Å². The van der Waals surface area contributed by atoms with Crippen LogP contribution in [0.3, 0.4) is 0 Å². The molecule has 4 rings (SSSR count). The van der Waals surface area contributed by atoms with Gasteiger partial charge in [0.25, 0.3) is 11.8 Å². The maximum absolute atomic E-state index is 15.1. The van der Waals surface area contributed by atoms with Gasteiger partial charge in [-0.1, -0.05) is 6.08 Å². The predicted molar refractivity (Wildman–Crippen MR) is 133 cm³/mol. The van der Waals surface area contributed by atoms with Crippen LogP contribution in [0.4, 0.5) is 14.9 Å². The molecule has 0 spiro atoms. The van der Waals surface area contributed by atoms with E-state index >= 15 is 4.39 Å². The van der Waals surface area contributed by atoms with Gasteiger partial charge in [-0.05, 0) is 35.3 Å². The average molecular weight is 609 g/mol. The lowest BCUT2D eigenvalue weighted by Crippen LogP contribution is -2.44. The molecule has 1 aromatic heterocycles. The molecule has 1 aromatic carbocycles. The molecule has 16 nitrogen and oxygen atoms in total. The lowest BCUT2D eigenvalue weighted by atomic mass is 9.98. The van der Waals surface area contributed by atoms with Crippen molar-refractivity contribution in [2.45, 2.75) is 18.6 Å². The number of cyclic esters (lactones) is 1. The monoisotopic (exact) mass is 609 g/mol. The Morgan fingerprint density at radius 1 is 1.30 bits per heavy atom. The summed E-state index contributed by atoms with van der Waals surface area (Å²) in [4.78, 5) is 63.4. The molecule has 2 amide bonds. The van der Waals surface area contributed by atoms with Crippen molar-refractivity contribution in [3.8, 4) is 5.88 Å². The molecule has 0 aliphatic carbocycles. The fourth-order valence-corrected chi connectivity index (χ4v) is 4.72. The van der Waals surface area contributed by atoms with Gasteiger partial charge in [-0.25, -0.2) is 13.8 Å². The van der Waals surface area contributed by atoms with Crippen molar-refractivity contribution in [3.05, 3.63) is 48.0 Å². The SMILES string of the molecule is O.O=C([C@H](COP(O)O)OP(=O)(O)O)N1CC=C(c2ccc(N3C[C@H](COc4ccon4)OC3=O)cc2F)CC1. The maximum atomic E-state index is 15.1. The topological polar surface area (TPSA) is 233 Å². The third-order valence-electron chi connectivity index (χ3n) is 5.72. The Labute approximate surface area is 227 Å². The van der Waals surface area contributed by atoms with Crippen molar-refractivity contribution in [1.82, 2.24) is 10.1 Å². The zero-order chi connectivity index (χ0) is 28.2. The fourth-order valence-electron chi connectivity index (χ4n) is 3.97. The number of anilines is 1. The number of carbonyl (C=O) groups is 2. The van der Waals surface area contributed by atoms with Gasteiger partial charge in [0.2, 0.25) is 0 Å². The van der Waals surface area contributed by atoms with Gasteiger partial charge in [0.1, 0.15) is 18.7 Å². The fraction of sp³-hybridized carbons (Fsp3) is 0.381. The van der Waals surface area contributed by atoms with Crippen molar-refractivity contribution >= 4 is 39.7 Å². The highest BCUT2D eigenvalue weighted by atomic mass is 31.2. The molecular weight excluding hydrogens is 583 g/mol. The van der Waals surface area contributed by atoms with Gasteiger partial charge in [0.05, 0.1) is 18.8 Å². The Morgan fingerprint density at radius 2 is 2.08 bits per heavy atom. The molecule has 19 heteroatoms. The molecule has 2 aliphatic rings. The molecule has 40 heavy (non-hydrogen) atoms. The minimum atomic E-state index is -5.09. The lowest BCUT2D eigenvalue weighted by Gasteiger charge is -2.30. The van der Waals surface area contributed by atoms with Crippen LogP contribution in [0.15, 0.2) is 41.1 Å². The third-order valence-corrected chi connectivity index (χ3v) is 6.63. The van der Waals surface area contributed by atoms with Crippen molar-refractivity contribution in [2.75, 3.05) is 37.7 Å². The maximum Gasteiger partial charge on any atom is 0.470 e. The minimum Gasteiger partial charge on any atom is -0.471 e. The first-order valence-electron chi connectivity index (χ1n) is 11.3. The van der Waals surface area contributed by atoms with E-state index < -0.39 is 53.1 Å². The number of carbonyl (C=O) groups excluding carboxylic acids is 2. The first-order valence-corrected chi connectivity index (χ1v) is 14.0. The summed E-state index contributed by atoms with van der Waals surface area (Å²) < 4.78 is 50.6. The molecule has 1 saturated heterocycles. The van der Waals surface area contributed by atoms with E-state index in [-0.39, 0.29) is 55.3 Å². The van der Waals surface area contributed by atoms with Crippen molar-refractivity contribution < 1.29 is 66.6 Å². The number of benzene rings is 1. The number of phosphoric acid groups is 1. The number of ether oxygens (including phenoxy) is 2. The number of nitrogens with zero attached hydrogens (tertiary/aromatic N) is 3. The zero-order valence-corrected chi connectivity index (χ0v) is 22.3. The summed E-state index contributed by atoms with van der Waals surface area (Å²) in [6.07, 6.45) is 0.0565. The van der Waals surface area contributed by atoms with Crippen LogP contribution >= 0.6 is 16.4 Å². The standard InChI is InChI=1S/C21H24FN3O12P2.H2O/c22-17-9-14(25-10-15(36-21(25)27)11-33-19-5-8-34-23-19)1-2-16(17)13-3-6-24(7-4-13)20(26)18(12-35-38(28)29)37-39(30,31)32;/h1-3,5,8-9,15,18,28-29H,4,6-7,10-12H2,(H2,30,31,32);1H2/t15-,18+;/m1./s1. The molecule has 1 fully saturated rings. The normalized spacial score (nSPS) is 18.3. The Bertz CT molecular complexity index is 1260. The lowest BCUT2D eigenvalue weighted by molar-refractivity contribution is -0.140. The smallest absolute Gasteiger partial charge is 0.470 e. The van der Waals surface area contributed by atoms with E-state index in [1.165, 1.54) is 34.3 Å². The first-order chi connectivity index (χ1) is 18.5. The van der Waals surface area contributed by atoms with Gasteiger partial charge in [0.15, 0.2) is 12.2 Å². The van der Waals surface area contributed by atoms with Crippen LogP contribution in [0.5, 0.6) is 5.88 Å². The van der Waals surface area contributed by atoms with Crippen LogP contribution in [-0.2, 0) is 23.1 Å². The summed E-state index contributed by atoms with van der Waals surface area (Å²) >= 11 is 0. The third kappa shape index (κ3) is 8.27. The molecule has 220 valence electrons. The number of amides is 2. The van der Waals surface area contributed by atoms with Gasteiger partial charge < -0.3 is 48.5 Å². The summed E-state index contributed by atoms with van der Waals surface area (Å²) in [5.41, 5.74) is 1.11. The van der Waals surface area contributed by atoms with Crippen LogP contribution in [0.1, 0.15) is 12.0 Å². The van der Waals surface area contributed by atoms with E-state index in [0.29, 0.717) is 5.57 Å². The first kappa shape index (κ1) is 31.5. The molecule has 0 saturated carbocycles. The van der Waals surface area contributed by atoms with E-state index in [4.69, 9.17) is 29.0 Å². The summed E-state index contributed by atoms with van der Waals surface area (Å²) in [7, 11) is -7.97. The molecule has 3 heterocycles. The number of halogens is 1. The second-order valence-electron chi connectivity index (χ2n) is 8.33. The van der Waals surface area contributed by atoms with Gasteiger partial charge in [0, 0.05) is 24.7 Å². The van der Waals surface area contributed by atoms with Crippen LogP contribution < -0.4 is 9.64 Å². The molecule has 2 atom stereocenters. The van der Waals surface area contributed by atoms with Crippen LogP contribution in [0.2, 0.25) is 0 Å². The van der Waals surface area contributed by atoms with Crippen molar-refractivity contribution in [3.63, 3.8) is 0 Å². The van der Waals surface area contributed by atoms with E-state index in [1.807, 2.05) is 0 Å². The van der Waals surface area contributed by atoms with Crippen LogP contribution in [0.25, 0.3) is 5.57 Å². The molecule has 0 radical (unpaired) electrons. The number of phosphoric ester groups is 1. The summed E-state index contributed by atoms with van der Waals surface area (Å²) in [5, 5.41) is 3.60. The second-order valence-corrected chi connectivity index (χ2v) is 10.3. The van der Waals surface area contributed by atoms with Crippen LogP contribution in [-0.4, -0.2) is 92.2 Å². The Kier molecular flexibility index (Phi) is 10.7. The molecule has 6 N–H and O–H groups in total. The number of hydrogen-bond acceptors (Lipinski definition) is 11. The van der Waals surface area contributed by atoms with Crippen molar-refractivity contribution in [1.29, 1.82) is 0 Å². The van der Waals surface area contributed by atoms with E-state index in [2.05, 4.69) is 18.7 Å². The van der Waals surface area contributed by atoms with E-state index in [1.54, 1.807) is 12.1 Å². The Hall–Kier alpha value is -2.98. The zero-order valence-electron chi connectivity index (χ0n) is 20.5. The molecule has 2 aromatic rings. The number of hydrogen-bond donors (Lipinski definition) is 4. The average Bonchev–Trinajstić information content (AvgIpc) is 3.53. The number of rotatable bonds is 11. The molecule has 0 unspecified atom stereocenters. The largest absolute Gasteiger partial charge is 0.471 e. The van der Waals surface area contributed by atoms with Gasteiger partial charge in [-0.2, -0.15) is 0 Å². The van der Waals surface area contributed by atoms with E-state index in [9.17, 15) is 14.2 Å². The Balaban J connectivity index is 0.00000441. The van der Waals surface area contributed by atoms with Crippen molar-refractivity contribution in [2.24, 2.45) is 0 Å². The predicted octanol–water partition coefficient (Wildman–Crippen LogP) is 0.715. The molecule has 0 bridgehead atoms. The molecule has 2 aliphatic heterocycles. The molecular formula is C21H26FN3O13P2. The van der Waals surface area contributed by atoms with Gasteiger partial charge in [-0.3, -0.25) is 14.2 Å². The highest BCUT2D eigenvalue weighted by Gasteiger charge is 2.35. The summed E-state index contributed by atoms with van der Waals surface area (Å²) in [5.74, 6) is -1.22. The quantitative estimate of drug-likeness (QED) is 0.257. The van der Waals surface area contributed by atoms with Gasteiger partial charge in [-0.15, -0.1) is 0 Å². The second kappa shape index (κ2) is 13.6. The Morgan fingerprint density at radius 3 is 2.67 bits per heavy atom. The van der Waals surface area contributed by atoms with E-state index in [0.717, 1.165) is 0 Å². The summed E-state index contributed by atoms with van der Waals surface area (Å²) in [6.45, 7) is -0.602. The van der Waals surface area contributed by atoms with Crippen LogP contribution in [0, 0.1) is 5.82 Å². The minimum absolute atomic E-state index is 0. The highest BCUT2D eigenvalue weighted by Crippen LogP contribution is 2.39.